The van der Waals surface area contributed by atoms with Crippen LogP contribution in [0.3, 0.4) is 0 Å². The molecule has 0 saturated heterocycles. The quantitative estimate of drug-likeness (QED) is 0.327. The van der Waals surface area contributed by atoms with Crippen molar-refractivity contribution < 1.29 is 0 Å². The second-order valence-electron chi connectivity index (χ2n) is 7.06. The van der Waals surface area contributed by atoms with Crippen molar-refractivity contribution >= 4 is 38.4 Å². The Balaban J connectivity index is 1.45. The van der Waals surface area contributed by atoms with Crippen LogP contribution < -0.4 is 4.90 Å². The number of hydrogen-bond acceptors (Lipinski definition) is 3. The molecule has 0 fully saturated rings. The van der Waals surface area contributed by atoms with E-state index < -0.39 is 0 Å². The van der Waals surface area contributed by atoms with E-state index in [2.05, 4.69) is 109 Å². The number of fused-ring (bicyclic) bond motifs is 1. The summed E-state index contributed by atoms with van der Waals surface area (Å²) in [4.78, 5) is 6.27. The largest absolute Gasteiger partial charge is 0.340 e. The summed E-state index contributed by atoms with van der Waals surface area (Å²) in [6.07, 6.45) is 11.7. The number of rotatable bonds is 4. The minimum atomic E-state index is 0.959. The zero-order valence-electron chi connectivity index (χ0n) is 16.2. The Morgan fingerprint density at radius 1 is 0.724 bits per heavy atom. The van der Waals surface area contributed by atoms with E-state index in [4.69, 9.17) is 0 Å². The summed E-state index contributed by atoms with van der Waals surface area (Å²) in [5.74, 6) is 0. The predicted octanol–water partition coefficient (Wildman–Crippen LogP) is 8.13. The van der Waals surface area contributed by atoms with Crippen LogP contribution in [0.25, 0.3) is 31.0 Å². The highest BCUT2D eigenvalue weighted by molar-refractivity contribution is 7.25. The van der Waals surface area contributed by atoms with Crippen LogP contribution in [-0.4, -0.2) is 7.05 Å². The lowest BCUT2D eigenvalue weighted by molar-refractivity contribution is 1.04. The van der Waals surface area contributed by atoms with Crippen LogP contribution in [0.4, 0.5) is 5.00 Å². The van der Waals surface area contributed by atoms with Crippen molar-refractivity contribution in [3.63, 3.8) is 0 Å². The molecule has 0 N–H and O–H groups in total. The molecule has 0 amide bonds. The fourth-order valence-corrected chi connectivity index (χ4v) is 5.79. The first-order chi connectivity index (χ1) is 14.3. The number of benzene rings is 2. The summed E-state index contributed by atoms with van der Waals surface area (Å²) in [6.45, 7) is 0. The molecule has 29 heavy (non-hydrogen) atoms. The minimum Gasteiger partial charge on any atom is -0.340 e. The van der Waals surface area contributed by atoms with Gasteiger partial charge in [0.25, 0.3) is 0 Å². The van der Waals surface area contributed by atoms with E-state index in [1.54, 1.807) is 0 Å². The first-order valence-electron chi connectivity index (χ1n) is 9.74. The minimum absolute atomic E-state index is 0.959. The molecule has 0 aliphatic heterocycles. The van der Waals surface area contributed by atoms with E-state index in [0.29, 0.717) is 0 Å². The Hall–Kier alpha value is -2.88. The number of nitrogens with zero attached hydrogens (tertiary/aromatic N) is 1. The predicted molar refractivity (Wildman–Crippen MR) is 130 cm³/mol. The van der Waals surface area contributed by atoms with E-state index in [-0.39, 0.29) is 0 Å². The lowest BCUT2D eigenvalue weighted by Crippen LogP contribution is -2.14. The average Bonchev–Trinajstić information content (AvgIpc) is 3.36. The van der Waals surface area contributed by atoms with Gasteiger partial charge in [0.2, 0.25) is 0 Å². The monoisotopic (exact) mass is 411 g/mol. The van der Waals surface area contributed by atoms with Crippen molar-refractivity contribution in [2.24, 2.45) is 0 Å². The van der Waals surface area contributed by atoms with E-state index in [1.165, 1.54) is 41.7 Å². The molecule has 2 aromatic heterocycles. The molecular formula is C26H21NS2. The molecule has 142 valence electrons. The molecule has 0 atom stereocenters. The smallest absolute Gasteiger partial charge is 0.0954 e. The van der Waals surface area contributed by atoms with E-state index in [1.807, 2.05) is 22.7 Å². The van der Waals surface area contributed by atoms with Gasteiger partial charge in [-0.2, -0.15) is 0 Å². The molecule has 0 radical (unpaired) electrons. The highest BCUT2D eigenvalue weighted by Gasteiger charge is 2.13. The summed E-state index contributed by atoms with van der Waals surface area (Å²) < 4.78 is 0. The molecule has 0 spiro atoms. The third-order valence-corrected chi connectivity index (χ3v) is 7.71. The molecule has 4 aromatic rings. The molecule has 2 heterocycles. The molecule has 1 nitrogen and oxygen atoms in total. The van der Waals surface area contributed by atoms with Crippen LogP contribution in [0.2, 0.25) is 0 Å². The van der Waals surface area contributed by atoms with Gasteiger partial charge in [-0.1, -0.05) is 66.8 Å². The van der Waals surface area contributed by atoms with Gasteiger partial charge < -0.3 is 4.90 Å². The topological polar surface area (TPSA) is 3.24 Å². The molecule has 2 aromatic carbocycles. The van der Waals surface area contributed by atoms with Gasteiger partial charge in [0, 0.05) is 33.8 Å². The van der Waals surface area contributed by atoms with Gasteiger partial charge in [0.15, 0.2) is 0 Å². The van der Waals surface area contributed by atoms with E-state index >= 15 is 0 Å². The van der Waals surface area contributed by atoms with Gasteiger partial charge >= 0.3 is 0 Å². The molecule has 0 unspecified atom stereocenters. The van der Waals surface area contributed by atoms with Gasteiger partial charge in [0.1, 0.15) is 0 Å². The zero-order chi connectivity index (χ0) is 19.6. The SMILES string of the molecule is CN(C1=CC=CC=CC1)c1ccc(-c2ccc(-c3cccc4ccccc34)s2)s1. The highest BCUT2D eigenvalue weighted by atomic mass is 32.1. The Morgan fingerprint density at radius 2 is 1.52 bits per heavy atom. The summed E-state index contributed by atoms with van der Waals surface area (Å²) in [5, 5.41) is 3.88. The molecule has 0 saturated carbocycles. The van der Waals surface area contributed by atoms with Gasteiger partial charge in [-0.3, -0.25) is 0 Å². The standard InChI is InChI=1S/C26H21NS2/c1-27(20-11-4-2-3-5-12-20)26-18-17-25(29-26)24-16-15-23(28-24)22-14-8-10-19-9-6-7-13-21(19)22/h2-11,13-18H,12H2,1H3. The molecule has 5 rings (SSSR count). The molecule has 0 bridgehead atoms. The summed E-state index contributed by atoms with van der Waals surface area (Å²) >= 11 is 3.73. The van der Waals surface area contributed by atoms with Gasteiger partial charge in [0.05, 0.1) is 5.00 Å². The zero-order valence-corrected chi connectivity index (χ0v) is 17.8. The maximum Gasteiger partial charge on any atom is 0.0954 e. The van der Waals surface area contributed by atoms with E-state index in [9.17, 15) is 0 Å². The van der Waals surface area contributed by atoms with Crippen molar-refractivity contribution in [1.29, 1.82) is 0 Å². The van der Waals surface area contributed by atoms with Crippen molar-refractivity contribution in [2.45, 2.75) is 6.42 Å². The highest BCUT2D eigenvalue weighted by Crippen LogP contribution is 2.42. The number of thiophene rings is 2. The van der Waals surface area contributed by atoms with Crippen LogP contribution in [0.1, 0.15) is 6.42 Å². The first-order valence-corrected chi connectivity index (χ1v) is 11.4. The Bertz CT molecular complexity index is 1250. The van der Waals surface area contributed by atoms with Crippen LogP contribution in [-0.2, 0) is 0 Å². The summed E-state index contributed by atoms with van der Waals surface area (Å²) in [5.41, 5.74) is 2.63. The third-order valence-electron chi connectivity index (χ3n) is 5.23. The molecule has 3 heteroatoms. The van der Waals surface area contributed by atoms with Crippen LogP contribution in [0.15, 0.2) is 103 Å². The van der Waals surface area contributed by atoms with Crippen LogP contribution >= 0.6 is 22.7 Å². The number of allylic oxidation sites excluding steroid dienone is 5. The fourth-order valence-electron chi connectivity index (χ4n) is 3.65. The van der Waals surface area contributed by atoms with E-state index in [0.717, 1.165) is 6.42 Å². The van der Waals surface area contributed by atoms with Crippen molar-refractivity contribution in [2.75, 3.05) is 11.9 Å². The normalized spacial score (nSPS) is 13.5. The number of hydrogen-bond donors (Lipinski definition) is 0. The second kappa shape index (κ2) is 7.86. The average molecular weight is 412 g/mol. The Morgan fingerprint density at radius 3 is 2.48 bits per heavy atom. The van der Waals surface area contributed by atoms with Crippen molar-refractivity contribution in [3.05, 3.63) is 103 Å². The van der Waals surface area contributed by atoms with Gasteiger partial charge in [-0.15, -0.1) is 22.7 Å². The summed E-state index contributed by atoms with van der Waals surface area (Å²) in [6, 6.07) is 24.2. The first kappa shape index (κ1) is 18.2. The van der Waals surface area contributed by atoms with Gasteiger partial charge in [-0.25, -0.2) is 0 Å². The van der Waals surface area contributed by atoms with Crippen molar-refractivity contribution in [3.8, 4) is 20.2 Å². The fraction of sp³-hybridized carbons (Fsp3) is 0.0769. The van der Waals surface area contributed by atoms with Crippen LogP contribution in [0.5, 0.6) is 0 Å². The second-order valence-corrected chi connectivity index (χ2v) is 9.21. The molecule has 1 aliphatic carbocycles. The Kier molecular flexibility index (Phi) is 4.92. The molecular weight excluding hydrogens is 390 g/mol. The number of anilines is 1. The summed E-state index contributed by atoms with van der Waals surface area (Å²) in [7, 11) is 2.16. The lowest BCUT2D eigenvalue weighted by Gasteiger charge is -2.19. The van der Waals surface area contributed by atoms with Crippen molar-refractivity contribution in [1.82, 2.24) is 0 Å². The maximum atomic E-state index is 2.30. The van der Waals surface area contributed by atoms with Gasteiger partial charge in [-0.05, 0) is 46.7 Å². The Labute approximate surface area is 179 Å². The lowest BCUT2D eigenvalue weighted by atomic mass is 10.0. The maximum absolute atomic E-state index is 2.30. The third kappa shape index (κ3) is 3.59. The van der Waals surface area contributed by atoms with Crippen LogP contribution in [0, 0.1) is 0 Å². The molecule has 1 aliphatic rings.